The second-order valence-corrected chi connectivity index (χ2v) is 9.18. The first kappa shape index (κ1) is 23.9. The number of nitrogens with zero attached hydrogens (tertiary/aromatic N) is 1. The van der Waals surface area contributed by atoms with E-state index in [-0.39, 0.29) is 17.8 Å². The molecule has 2 aliphatic heterocycles. The van der Waals surface area contributed by atoms with E-state index in [1.807, 2.05) is 17.0 Å². The number of hydrogen-bond acceptors (Lipinski definition) is 6. The topological polar surface area (TPSA) is 84.2 Å². The van der Waals surface area contributed by atoms with Gasteiger partial charge in [-0.05, 0) is 42.7 Å². The Morgan fingerprint density at radius 1 is 1.11 bits per heavy atom. The van der Waals surface area contributed by atoms with Gasteiger partial charge in [0.05, 0.1) is 31.5 Å². The summed E-state index contributed by atoms with van der Waals surface area (Å²) in [6.07, 6.45) is 0.759. The molecular formula is C26H28F2N2O5. The van der Waals surface area contributed by atoms with E-state index >= 15 is 0 Å². The number of hydrogen-bond donors (Lipinski definition) is 2. The van der Waals surface area contributed by atoms with Crippen LogP contribution in [0.2, 0.25) is 0 Å². The van der Waals surface area contributed by atoms with Gasteiger partial charge in [-0.3, -0.25) is 9.69 Å². The second kappa shape index (κ2) is 10.0. The summed E-state index contributed by atoms with van der Waals surface area (Å²) in [5.41, 5.74) is 0.705. The molecule has 1 amide bonds. The van der Waals surface area contributed by atoms with Crippen LogP contribution in [-0.2, 0) is 21.6 Å². The van der Waals surface area contributed by atoms with Crippen molar-refractivity contribution in [2.45, 2.75) is 31.1 Å². The molecular weight excluding hydrogens is 458 g/mol. The molecule has 5 rings (SSSR count). The van der Waals surface area contributed by atoms with Gasteiger partial charge in [0.15, 0.2) is 5.76 Å². The third kappa shape index (κ3) is 5.38. The van der Waals surface area contributed by atoms with Crippen LogP contribution in [0.4, 0.5) is 8.78 Å². The lowest BCUT2D eigenvalue weighted by Gasteiger charge is -2.38. The van der Waals surface area contributed by atoms with Gasteiger partial charge in [-0.15, -0.1) is 0 Å². The highest BCUT2D eigenvalue weighted by atomic mass is 19.1. The van der Waals surface area contributed by atoms with Crippen LogP contribution in [-0.4, -0.2) is 61.5 Å². The Bertz CT molecular complexity index is 1200. The quantitative estimate of drug-likeness (QED) is 0.556. The Hall–Kier alpha value is -2.85. The number of furan rings is 1. The normalized spacial score (nSPS) is 20.7. The summed E-state index contributed by atoms with van der Waals surface area (Å²) in [5, 5.41) is 14.9. The van der Waals surface area contributed by atoms with Gasteiger partial charge >= 0.3 is 0 Å². The highest BCUT2D eigenvalue weighted by Crippen LogP contribution is 2.35. The van der Waals surface area contributed by atoms with Gasteiger partial charge in [0, 0.05) is 43.2 Å². The van der Waals surface area contributed by atoms with Crippen molar-refractivity contribution in [3.63, 3.8) is 0 Å². The van der Waals surface area contributed by atoms with Gasteiger partial charge in [-0.25, -0.2) is 8.78 Å². The summed E-state index contributed by atoms with van der Waals surface area (Å²) in [4.78, 5) is 14.6. The molecule has 2 fully saturated rings. The highest BCUT2D eigenvalue weighted by molar-refractivity contribution is 5.96. The van der Waals surface area contributed by atoms with E-state index < -0.39 is 17.2 Å². The van der Waals surface area contributed by atoms with E-state index in [1.165, 1.54) is 12.1 Å². The molecule has 2 N–H and O–H groups in total. The first-order valence-corrected chi connectivity index (χ1v) is 11.8. The maximum absolute atomic E-state index is 14.0. The van der Waals surface area contributed by atoms with Gasteiger partial charge in [0.1, 0.15) is 17.2 Å². The molecule has 2 aliphatic rings. The number of halogens is 2. The lowest BCUT2D eigenvalue weighted by molar-refractivity contribution is -0.0856. The van der Waals surface area contributed by atoms with Crippen LogP contribution < -0.4 is 5.32 Å². The summed E-state index contributed by atoms with van der Waals surface area (Å²) in [6, 6.07) is 10.7. The molecule has 0 saturated carbocycles. The zero-order chi connectivity index (χ0) is 24.4. The van der Waals surface area contributed by atoms with Crippen LogP contribution in [0.5, 0.6) is 0 Å². The smallest absolute Gasteiger partial charge is 0.287 e. The van der Waals surface area contributed by atoms with Crippen molar-refractivity contribution in [2.24, 2.45) is 0 Å². The van der Waals surface area contributed by atoms with Crippen LogP contribution >= 0.6 is 0 Å². The first-order chi connectivity index (χ1) is 16.9. The minimum Gasteiger partial charge on any atom is -0.451 e. The molecule has 1 aromatic heterocycles. The summed E-state index contributed by atoms with van der Waals surface area (Å²) in [6.45, 7) is 3.34. The fourth-order valence-electron chi connectivity index (χ4n) is 4.65. The first-order valence-electron chi connectivity index (χ1n) is 11.8. The fourth-order valence-corrected chi connectivity index (χ4v) is 4.65. The van der Waals surface area contributed by atoms with Crippen LogP contribution in [0, 0.1) is 11.6 Å². The highest BCUT2D eigenvalue weighted by Gasteiger charge is 2.34. The molecule has 0 aliphatic carbocycles. The predicted octanol–water partition coefficient (Wildman–Crippen LogP) is 3.34. The minimum atomic E-state index is -1.04. The molecule has 186 valence electrons. The molecule has 0 spiro atoms. The Kier molecular flexibility index (Phi) is 6.84. The molecule has 2 aromatic carbocycles. The van der Waals surface area contributed by atoms with Gasteiger partial charge < -0.3 is 24.3 Å². The molecule has 0 bridgehead atoms. The fraction of sp³-hybridized carbons (Fsp3) is 0.423. The van der Waals surface area contributed by atoms with Crippen molar-refractivity contribution < 1.29 is 32.6 Å². The lowest BCUT2D eigenvalue weighted by atomic mass is 9.84. The molecule has 1 atom stereocenters. The minimum absolute atomic E-state index is 0.177. The summed E-state index contributed by atoms with van der Waals surface area (Å²) < 4.78 is 43.8. The zero-order valence-electron chi connectivity index (χ0n) is 19.3. The number of benzene rings is 2. The molecule has 0 unspecified atom stereocenters. The van der Waals surface area contributed by atoms with Gasteiger partial charge in [-0.1, -0.05) is 12.1 Å². The number of amides is 1. The van der Waals surface area contributed by atoms with E-state index in [1.54, 1.807) is 12.1 Å². The SMILES string of the molecule is O=C(NC[C@@H]1COCCO1)c1cc2cc(C3(O)CCN(Cc4ccc(F)cc4F)CC3)ccc2o1. The van der Waals surface area contributed by atoms with Gasteiger partial charge in [-0.2, -0.15) is 0 Å². The average molecular weight is 487 g/mol. The van der Waals surface area contributed by atoms with Crippen LogP contribution in [0.3, 0.4) is 0 Å². The summed E-state index contributed by atoms with van der Waals surface area (Å²) >= 11 is 0. The zero-order valence-corrected chi connectivity index (χ0v) is 19.3. The number of ether oxygens (including phenoxy) is 2. The van der Waals surface area contributed by atoms with Crippen molar-refractivity contribution >= 4 is 16.9 Å². The summed E-state index contributed by atoms with van der Waals surface area (Å²) in [7, 11) is 0. The number of fused-ring (bicyclic) bond motifs is 1. The van der Waals surface area contributed by atoms with Crippen molar-refractivity contribution in [2.75, 3.05) is 39.5 Å². The van der Waals surface area contributed by atoms with E-state index in [0.29, 0.717) is 70.0 Å². The lowest BCUT2D eigenvalue weighted by Crippen LogP contribution is -2.42. The molecule has 0 radical (unpaired) electrons. The third-order valence-electron chi connectivity index (χ3n) is 6.74. The third-order valence-corrected chi connectivity index (χ3v) is 6.74. The van der Waals surface area contributed by atoms with E-state index in [0.717, 1.165) is 17.0 Å². The Morgan fingerprint density at radius 3 is 2.69 bits per heavy atom. The number of aliphatic hydroxyl groups is 1. The average Bonchev–Trinajstić information content (AvgIpc) is 3.30. The van der Waals surface area contributed by atoms with Crippen molar-refractivity contribution in [1.29, 1.82) is 0 Å². The maximum Gasteiger partial charge on any atom is 0.287 e. The van der Waals surface area contributed by atoms with Crippen LogP contribution in [0.15, 0.2) is 46.9 Å². The molecule has 35 heavy (non-hydrogen) atoms. The Balaban J connectivity index is 1.22. The molecule has 3 heterocycles. The largest absolute Gasteiger partial charge is 0.451 e. The molecule has 7 nitrogen and oxygen atoms in total. The van der Waals surface area contributed by atoms with Gasteiger partial charge in [0.25, 0.3) is 5.91 Å². The van der Waals surface area contributed by atoms with Gasteiger partial charge in [0.2, 0.25) is 0 Å². The van der Waals surface area contributed by atoms with Crippen molar-refractivity contribution in [3.05, 3.63) is 71.0 Å². The predicted molar refractivity (Wildman–Crippen MR) is 124 cm³/mol. The van der Waals surface area contributed by atoms with Crippen LogP contribution in [0.1, 0.15) is 34.5 Å². The van der Waals surface area contributed by atoms with Crippen molar-refractivity contribution in [3.8, 4) is 0 Å². The Morgan fingerprint density at radius 2 is 1.94 bits per heavy atom. The molecule has 9 heteroatoms. The number of piperidine rings is 1. The number of carbonyl (C=O) groups is 1. The molecule has 3 aromatic rings. The summed E-state index contributed by atoms with van der Waals surface area (Å²) in [5.74, 6) is -1.30. The van der Waals surface area contributed by atoms with E-state index in [2.05, 4.69) is 5.32 Å². The second-order valence-electron chi connectivity index (χ2n) is 9.18. The number of likely N-dealkylation sites (tertiary alicyclic amines) is 1. The van der Waals surface area contributed by atoms with E-state index in [9.17, 15) is 18.7 Å². The number of rotatable bonds is 6. The Labute approximate surface area is 201 Å². The van der Waals surface area contributed by atoms with Crippen molar-refractivity contribution in [1.82, 2.24) is 10.2 Å². The maximum atomic E-state index is 14.0. The standard InChI is InChI=1S/C26H28F2N2O5/c27-20-3-1-17(22(28)13-20)15-30-7-5-26(32,6-8-30)19-2-4-23-18(11-19)12-24(35-23)25(31)29-14-21-16-33-9-10-34-21/h1-4,11-13,21,32H,5-10,14-16H2,(H,29,31)/t21-/m1/s1. The number of carbonyl (C=O) groups excluding carboxylic acids is 1. The number of nitrogens with one attached hydrogen (secondary N) is 1. The van der Waals surface area contributed by atoms with Crippen LogP contribution in [0.25, 0.3) is 11.0 Å². The van der Waals surface area contributed by atoms with E-state index in [4.69, 9.17) is 13.9 Å². The molecule has 2 saturated heterocycles. The monoisotopic (exact) mass is 486 g/mol.